The number of hydrogen-bond donors (Lipinski definition) is 2. The third-order valence-electron chi connectivity index (χ3n) is 3.63. The van der Waals surface area contributed by atoms with E-state index >= 15 is 0 Å². The van der Waals surface area contributed by atoms with E-state index in [2.05, 4.69) is 17.6 Å². The van der Waals surface area contributed by atoms with Crippen LogP contribution in [-0.4, -0.2) is 23.7 Å². The number of piperazine rings is 1. The molecule has 0 saturated carbocycles. The second-order valence-electron chi connectivity index (χ2n) is 4.83. The summed E-state index contributed by atoms with van der Waals surface area (Å²) in [6, 6.07) is 6.57. The number of aryl methyl sites for hydroxylation is 1. The Bertz CT molecular complexity index is 629. The molecule has 0 amide bonds. The zero-order chi connectivity index (χ0) is 12.7. The summed E-state index contributed by atoms with van der Waals surface area (Å²) in [6.07, 6.45) is 0. The Morgan fingerprint density at radius 3 is 2.89 bits per heavy atom. The van der Waals surface area contributed by atoms with Crippen molar-refractivity contribution in [2.45, 2.75) is 19.0 Å². The Balaban J connectivity index is 2.07. The van der Waals surface area contributed by atoms with Crippen LogP contribution in [0.1, 0.15) is 18.5 Å². The molecule has 5 nitrogen and oxygen atoms in total. The molecule has 1 aromatic carbocycles. The van der Waals surface area contributed by atoms with Crippen molar-refractivity contribution in [2.24, 2.45) is 7.05 Å². The van der Waals surface area contributed by atoms with Crippen LogP contribution in [-0.2, 0) is 7.05 Å². The number of hydrogen-bond acceptors (Lipinski definition) is 4. The topological polar surface area (TPSA) is 59.2 Å². The van der Waals surface area contributed by atoms with Gasteiger partial charge in [0.05, 0.1) is 5.52 Å². The minimum absolute atomic E-state index is 0.271. The summed E-state index contributed by atoms with van der Waals surface area (Å²) in [5.41, 5.74) is 2.67. The maximum absolute atomic E-state index is 11.5. The standard InChI is InChI=1S/C13H17N3O2/c1-8-12(15-6-5-14-8)9-3-4-11-10(7-9)16(2)13(17)18-11/h3-4,7-8,12,14-15H,5-6H2,1-2H3. The highest BCUT2D eigenvalue weighted by Gasteiger charge is 2.22. The van der Waals surface area contributed by atoms with Gasteiger partial charge in [-0.1, -0.05) is 6.07 Å². The first kappa shape index (κ1) is 11.5. The van der Waals surface area contributed by atoms with E-state index in [0.717, 1.165) is 18.6 Å². The molecule has 0 radical (unpaired) electrons. The highest BCUT2D eigenvalue weighted by atomic mass is 16.4. The largest absolute Gasteiger partial charge is 0.419 e. The number of rotatable bonds is 1. The SMILES string of the molecule is CC1NCCNC1c1ccc2oc(=O)n(C)c2c1. The quantitative estimate of drug-likeness (QED) is 0.781. The third kappa shape index (κ3) is 1.76. The molecule has 96 valence electrons. The Kier molecular flexibility index (Phi) is 2.72. The van der Waals surface area contributed by atoms with E-state index in [4.69, 9.17) is 4.42 Å². The second kappa shape index (κ2) is 4.26. The van der Waals surface area contributed by atoms with Crippen molar-refractivity contribution in [1.82, 2.24) is 15.2 Å². The zero-order valence-corrected chi connectivity index (χ0v) is 10.6. The molecule has 0 spiro atoms. The van der Waals surface area contributed by atoms with E-state index in [-0.39, 0.29) is 11.8 Å². The summed E-state index contributed by atoms with van der Waals surface area (Å²) in [5.74, 6) is -0.315. The minimum Gasteiger partial charge on any atom is -0.408 e. The monoisotopic (exact) mass is 247 g/mol. The molecule has 2 heterocycles. The van der Waals surface area contributed by atoms with Gasteiger partial charge in [-0.15, -0.1) is 0 Å². The third-order valence-corrected chi connectivity index (χ3v) is 3.63. The van der Waals surface area contributed by atoms with Crippen LogP contribution in [0, 0.1) is 0 Å². The molecule has 5 heteroatoms. The summed E-state index contributed by atoms with van der Waals surface area (Å²) in [7, 11) is 1.73. The van der Waals surface area contributed by atoms with Gasteiger partial charge in [-0.25, -0.2) is 4.79 Å². The van der Waals surface area contributed by atoms with E-state index in [1.165, 1.54) is 5.56 Å². The van der Waals surface area contributed by atoms with Crippen LogP contribution in [0.2, 0.25) is 0 Å². The molecule has 1 fully saturated rings. The molecular weight excluding hydrogens is 230 g/mol. The Morgan fingerprint density at radius 1 is 1.33 bits per heavy atom. The number of nitrogens with one attached hydrogen (secondary N) is 2. The molecule has 1 aliphatic heterocycles. The normalized spacial score (nSPS) is 24.6. The van der Waals surface area contributed by atoms with Gasteiger partial charge in [-0.3, -0.25) is 4.57 Å². The van der Waals surface area contributed by atoms with Gasteiger partial charge in [0.25, 0.3) is 0 Å². The molecule has 2 N–H and O–H groups in total. The van der Waals surface area contributed by atoms with Crippen LogP contribution in [0.25, 0.3) is 11.1 Å². The number of oxazole rings is 1. The molecule has 2 aromatic rings. The van der Waals surface area contributed by atoms with Gasteiger partial charge in [0.2, 0.25) is 0 Å². The van der Waals surface area contributed by atoms with Crippen molar-refractivity contribution < 1.29 is 4.42 Å². The maximum atomic E-state index is 11.5. The van der Waals surface area contributed by atoms with E-state index in [1.54, 1.807) is 11.6 Å². The lowest BCUT2D eigenvalue weighted by Crippen LogP contribution is -2.48. The average Bonchev–Trinajstić information content (AvgIpc) is 2.66. The van der Waals surface area contributed by atoms with Gasteiger partial charge in [0.1, 0.15) is 0 Å². The smallest absolute Gasteiger partial charge is 0.408 e. The summed E-state index contributed by atoms with van der Waals surface area (Å²) in [5, 5.41) is 6.94. The number of benzene rings is 1. The van der Waals surface area contributed by atoms with E-state index < -0.39 is 0 Å². The fraction of sp³-hybridized carbons (Fsp3) is 0.462. The Hall–Kier alpha value is -1.59. The highest BCUT2D eigenvalue weighted by molar-refractivity contribution is 5.73. The first-order valence-corrected chi connectivity index (χ1v) is 6.23. The van der Waals surface area contributed by atoms with Crippen molar-refractivity contribution >= 4 is 11.1 Å². The lowest BCUT2D eigenvalue weighted by Gasteiger charge is -2.31. The summed E-state index contributed by atoms with van der Waals surface area (Å²) >= 11 is 0. The van der Waals surface area contributed by atoms with Crippen molar-refractivity contribution in [1.29, 1.82) is 0 Å². The Labute approximate surface area is 105 Å². The maximum Gasteiger partial charge on any atom is 0.419 e. The van der Waals surface area contributed by atoms with E-state index in [9.17, 15) is 4.79 Å². The van der Waals surface area contributed by atoms with Crippen molar-refractivity contribution in [3.63, 3.8) is 0 Å². The summed E-state index contributed by atoms with van der Waals surface area (Å²) < 4.78 is 6.68. The number of fused-ring (bicyclic) bond motifs is 1. The van der Waals surface area contributed by atoms with Gasteiger partial charge in [-0.05, 0) is 24.6 Å². The van der Waals surface area contributed by atoms with Crippen LogP contribution < -0.4 is 16.4 Å². The zero-order valence-electron chi connectivity index (χ0n) is 10.6. The molecule has 1 aliphatic rings. The molecule has 18 heavy (non-hydrogen) atoms. The highest BCUT2D eigenvalue weighted by Crippen LogP contribution is 2.23. The molecule has 1 saturated heterocycles. The lowest BCUT2D eigenvalue weighted by molar-refractivity contribution is 0.346. The molecular formula is C13H17N3O2. The van der Waals surface area contributed by atoms with Gasteiger partial charge in [0.15, 0.2) is 5.58 Å². The van der Waals surface area contributed by atoms with Gasteiger partial charge in [-0.2, -0.15) is 0 Å². The molecule has 2 atom stereocenters. The fourth-order valence-corrected chi connectivity index (χ4v) is 2.57. The number of aromatic nitrogens is 1. The summed E-state index contributed by atoms with van der Waals surface area (Å²) in [4.78, 5) is 11.5. The van der Waals surface area contributed by atoms with Gasteiger partial charge >= 0.3 is 5.76 Å². The van der Waals surface area contributed by atoms with E-state index in [1.807, 2.05) is 18.2 Å². The lowest BCUT2D eigenvalue weighted by atomic mass is 9.98. The summed E-state index contributed by atoms with van der Waals surface area (Å²) in [6.45, 7) is 4.11. The molecule has 0 bridgehead atoms. The van der Waals surface area contributed by atoms with Crippen LogP contribution in [0.5, 0.6) is 0 Å². The van der Waals surface area contributed by atoms with E-state index in [0.29, 0.717) is 11.6 Å². The second-order valence-corrected chi connectivity index (χ2v) is 4.83. The van der Waals surface area contributed by atoms with Crippen LogP contribution in [0.3, 0.4) is 0 Å². The van der Waals surface area contributed by atoms with Gasteiger partial charge < -0.3 is 15.1 Å². The molecule has 0 aliphatic carbocycles. The molecule has 1 aromatic heterocycles. The molecule has 2 unspecified atom stereocenters. The van der Waals surface area contributed by atoms with Gasteiger partial charge in [0, 0.05) is 32.2 Å². The predicted molar refractivity (Wildman–Crippen MR) is 69.7 cm³/mol. The van der Waals surface area contributed by atoms with Crippen molar-refractivity contribution in [3.8, 4) is 0 Å². The van der Waals surface area contributed by atoms with Crippen molar-refractivity contribution in [2.75, 3.05) is 13.1 Å². The molecule has 3 rings (SSSR count). The average molecular weight is 247 g/mol. The first-order chi connectivity index (χ1) is 8.66. The minimum atomic E-state index is -0.315. The van der Waals surface area contributed by atoms with Crippen LogP contribution in [0.15, 0.2) is 27.4 Å². The fourth-order valence-electron chi connectivity index (χ4n) is 2.57. The predicted octanol–water partition coefficient (Wildman–Crippen LogP) is 0.754. The Morgan fingerprint density at radius 2 is 2.11 bits per heavy atom. The van der Waals surface area contributed by atoms with Crippen LogP contribution >= 0.6 is 0 Å². The number of nitrogens with zero attached hydrogens (tertiary/aromatic N) is 1. The van der Waals surface area contributed by atoms with Crippen LogP contribution in [0.4, 0.5) is 0 Å². The van der Waals surface area contributed by atoms with Crippen molar-refractivity contribution in [3.05, 3.63) is 34.3 Å². The first-order valence-electron chi connectivity index (χ1n) is 6.23.